The molecule has 2 rings (SSSR count). The third kappa shape index (κ3) is 13.6. The Labute approximate surface area is 174 Å². The first-order chi connectivity index (χ1) is 13.6. The molecule has 162 valence electrons. The number of benzene rings is 2. The number of hydrogen-bond donors (Lipinski definition) is 3. The number of aromatic carboxylic acids is 1. The average Bonchev–Trinajstić information content (AvgIpc) is 2.66. The Bertz CT molecular complexity index is 794. The molecule has 0 spiro atoms. The third-order valence-corrected chi connectivity index (χ3v) is 4.77. The molecule has 0 saturated carbocycles. The third-order valence-electron chi connectivity index (χ3n) is 3.90. The van der Waals surface area contributed by atoms with Crippen molar-refractivity contribution in [1.29, 1.82) is 0 Å². The lowest BCUT2D eigenvalue weighted by Crippen LogP contribution is -2.06. The van der Waals surface area contributed by atoms with E-state index in [0.717, 1.165) is 11.1 Å². The molecule has 0 atom stereocenters. The Morgan fingerprint density at radius 1 is 0.897 bits per heavy atom. The first kappa shape index (κ1) is 26.8. The van der Waals surface area contributed by atoms with E-state index in [1.165, 1.54) is 44.4 Å². The fraction of sp³-hybridized carbons (Fsp3) is 0.409. The van der Waals surface area contributed by atoms with E-state index in [0.29, 0.717) is 5.56 Å². The number of hydrogen-bond acceptors (Lipinski definition) is 4. The van der Waals surface area contributed by atoms with Crippen LogP contribution in [-0.2, 0) is 10.1 Å². The van der Waals surface area contributed by atoms with Crippen molar-refractivity contribution >= 4 is 16.1 Å². The lowest BCUT2D eigenvalue weighted by Gasteiger charge is -1.95. The van der Waals surface area contributed by atoms with Gasteiger partial charge in [0.1, 0.15) is 0 Å². The molecule has 0 amide bonds. The van der Waals surface area contributed by atoms with Gasteiger partial charge in [-0.2, -0.15) is 8.42 Å². The van der Waals surface area contributed by atoms with E-state index >= 15 is 0 Å². The lowest BCUT2D eigenvalue weighted by molar-refractivity contribution is 0.0697. The van der Waals surface area contributed by atoms with Crippen LogP contribution in [0.5, 0.6) is 0 Å². The first-order valence-corrected chi connectivity index (χ1v) is 11.0. The number of carbonyl (C=O) groups is 1. The van der Waals surface area contributed by atoms with E-state index in [1.807, 2.05) is 20.9 Å². The zero-order valence-corrected chi connectivity index (χ0v) is 18.5. The van der Waals surface area contributed by atoms with Crippen molar-refractivity contribution in [3.8, 4) is 0 Å². The van der Waals surface area contributed by atoms with Crippen molar-refractivity contribution in [2.24, 2.45) is 0 Å². The highest BCUT2D eigenvalue weighted by molar-refractivity contribution is 7.85. The molecule has 0 aliphatic carbocycles. The van der Waals surface area contributed by atoms with Crippen LogP contribution in [0.2, 0.25) is 0 Å². The van der Waals surface area contributed by atoms with Crippen LogP contribution in [0.15, 0.2) is 53.4 Å². The Hall–Kier alpha value is -2.22. The highest BCUT2D eigenvalue weighted by Crippen LogP contribution is 2.08. The zero-order chi connectivity index (χ0) is 22.3. The van der Waals surface area contributed by atoms with Gasteiger partial charge in [-0.3, -0.25) is 4.55 Å². The summed E-state index contributed by atoms with van der Waals surface area (Å²) >= 11 is 0. The summed E-state index contributed by atoms with van der Waals surface area (Å²) in [4.78, 5) is 10.2. The minimum absolute atomic E-state index is 0.0666. The summed E-state index contributed by atoms with van der Waals surface area (Å²) in [5.74, 6) is -0.875. The maximum atomic E-state index is 10.5. The second kappa shape index (κ2) is 14.7. The summed E-state index contributed by atoms with van der Waals surface area (Å²) in [7, 11) is -2.01. The molecule has 0 radical (unpaired) electrons. The molecule has 2 aromatic rings. The smallest absolute Gasteiger partial charge is 0.335 e. The molecule has 0 fully saturated rings. The van der Waals surface area contributed by atoms with Gasteiger partial charge in [0.05, 0.1) is 10.5 Å². The SMILES string of the molecule is CCCCCCNC.Cc1ccc(C(=O)O)cc1.Cc1ccc(S(=O)(=O)O)cc1. The van der Waals surface area contributed by atoms with Crippen molar-refractivity contribution < 1.29 is 22.9 Å². The van der Waals surface area contributed by atoms with Crippen LogP contribution in [-0.4, -0.2) is 37.6 Å². The quantitative estimate of drug-likeness (QED) is 0.440. The minimum atomic E-state index is -4.02. The van der Waals surface area contributed by atoms with Crippen molar-refractivity contribution in [1.82, 2.24) is 5.32 Å². The van der Waals surface area contributed by atoms with Crippen molar-refractivity contribution in [2.75, 3.05) is 13.6 Å². The molecule has 3 N–H and O–H groups in total. The Balaban J connectivity index is 0.000000412. The van der Waals surface area contributed by atoms with E-state index in [4.69, 9.17) is 9.66 Å². The largest absolute Gasteiger partial charge is 0.478 e. The fourth-order valence-electron chi connectivity index (χ4n) is 2.13. The normalized spacial score (nSPS) is 10.2. The van der Waals surface area contributed by atoms with E-state index in [9.17, 15) is 13.2 Å². The van der Waals surface area contributed by atoms with Crippen LogP contribution < -0.4 is 5.32 Å². The standard InChI is InChI=1S/C8H8O2.C7H17N.C7H8O3S/c1-6-2-4-7(5-3-6)8(9)10;1-3-4-5-6-7-8-2;1-6-2-4-7(5-3-6)11(8,9)10/h2-5H,1H3,(H,9,10);8H,3-7H2,1-2H3;2-5H,1H3,(H,8,9,10). The van der Waals surface area contributed by atoms with Gasteiger partial charge < -0.3 is 10.4 Å². The molecule has 0 heterocycles. The van der Waals surface area contributed by atoms with E-state index in [1.54, 1.807) is 36.4 Å². The predicted octanol–water partition coefficient (Wildman–Crippen LogP) is 4.72. The van der Waals surface area contributed by atoms with Gasteiger partial charge in [0.2, 0.25) is 0 Å². The van der Waals surface area contributed by atoms with Gasteiger partial charge in [-0.1, -0.05) is 61.6 Å². The molecule has 6 nitrogen and oxygen atoms in total. The molecule has 29 heavy (non-hydrogen) atoms. The summed E-state index contributed by atoms with van der Waals surface area (Å²) in [5, 5.41) is 11.6. The molecule has 0 aliphatic heterocycles. The topological polar surface area (TPSA) is 104 Å². The summed E-state index contributed by atoms with van der Waals surface area (Å²) in [6, 6.07) is 12.7. The summed E-state index contributed by atoms with van der Waals surface area (Å²) in [5.41, 5.74) is 2.37. The van der Waals surface area contributed by atoms with E-state index < -0.39 is 16.1 Å². The van der Waals surface area contributed by atoms with E-state index in [2.05, 4.69) is 12.2 Å². The molecule has 2 aromatic carbocycles. The molecule has 0 saturated heterocycles. The molecule has 7 heteroatoms. The zero-order valence-electron chi connectivity index (χ0n) is 17.7. The maximum Gasteiger partial charge on any atom is 0.335 e. The molecular formula is C22H33NO5S. The molecule has 0 unspecified atom stereocenters. The van der Waals surface area contributed by atoms with Gasteiger partial charge in [-0.15, -0.1) is 0 Å². The number of carboxylic acids is 1. The van der Waals surface area contributed by atoms with Gasteiger partial charge in [0.25, 0.3) is 10.1 Å². The minimum Gasteiger partial charge on any atom is -0.478 e. The fourth-order valence-corrected chi connectivity index (χ4v) is 2.61. The highest BCUT2D eigenvalue weighted by atomic mass is 32.2. The number of nitrogens with one attached hydrogen (secondary N) is 1. The summed E-state index contributed by atoms with van der Waals surface area (Å²) in [6.07, 6.45) is 5.45. The van der Waals surface area contributed by atoms with Crippen LogP contribution in [0.4, 0.5) is 0 Å². The Kier molecular flexibility index (Phi) is 13.6. The van der Waals surface area contributed by atoms with Gasteiger partial charge >= 0.3 is 5.97 Å². The van der Waals surface area contributed by atoms with Crippen LogP contribution >= 0.6 is 0 Å². The van der Waals surface area contributed by atoms with Gasteiger partial charge in [0.15, 0.2) is 0 Å². The van der Waals surface area contributed by atoms with Crippen LogP contribution in [0.3, 0.4) is 0 Å². The van der Waals surface area contributed by atoms with Crippen molar-refractivity contribution in [3.63, 3.8) is 0 Å². The molecule has 0 aliphatic rings. The van der Waals surface area contributed by atoms with Gasteiger partial charge in [-0.05, 0) is 58.1 Å². The van der Waals surface area contributed by atoms with E-state index in [-0.39, 0.29) is 4.90 Å². The summed E-state index contributed by atoms with van der Waals surface area (Å²) < 4.78 is 29.6. The van der Waals surface area contributed by atoms with Gasteiger partial charge in [0, 0.05) is 0 Å². The second-order valence-electron chi connectivity index (χ2n) is 6.62. The van der Waals surface area contributed by atoms with Gasteiger partial charge in [-0.25, -0.2) is 4.79 Å². The number of carboxylic acid groups (broad SMARTS) is 1. The number of aryl methyl sites for hydroxylation is 2. The van der Waals surface area contributed by atoms with Crippen molar-refractivity contribution in [3.05, 3.63) is 65.2 Å². The van der Waals surface area contributed by atoms with Crippen LogP contribution in [0.1, 0.15) is 54.1 Å². The molecule has 0 bridgehead atoms. The predicted molar refractivity (Wildman–Crippen MR) is 117 cm³/mol. The lowest BCUT2D eigenvalue weighted by atomic mass is 10.2. The highest BCUT2D eigenvalue weighted by Gasteiger charge is 2.06. The van der Waals surface area contributed by atoms with Crippen LogP contribution in [0, 0.1) is 13.8 Å². The van der Waals surface area contributed by atoms with Crippen molar-refractivity contribution in [2.45, 2.75) is 51.3 Å². The average molecular weight is 424 g/mol. The summed E-state index contributed by atoms with van der Waals surface area (Å²) in [6.45, 7) is 7.18. The Morgan fingerprint density at radius 2 is 1.38 bits per heavy atom. The maximum absolute atomic E-state index is 10.5. The Morgan fingerprint density at radius 3 is 1.76 bits per heavy atom. The monoisotopic (exact) mass is 423 g/mol. The number of unbranched alkanes of at least 4 members (excludes halogenated alkanes) is 3. The van der Waals surface area contributed by atoms with Crippen LogP contribution in [0.25, 0.3) is 0 Å². The molecule has 0 aromatic heterocycles. The number of rotatable bonds is 7. The molecular weight excluding hydrogens is 390 g/mol. The second-order valence-corrected chi connectivity index (χ2v) is 8.05. The first-order valence-electron chi connectivity index (χ1n) is 9.60.